The molecule has 5 heterocycles. The maximum absolute atomic E-state index is 12.2. The number of thiophene rings is 1. The molecule has 2 N–H and O–H groups in total. The Morgan fingerprint density at radius 1 is 1.22 bits per heavy atom. The minimum Gasteiger partial charge on any atom is -0.355 e. The maximum atomic E-state index is 12.2. The molecule has 1 aliphatic heterocycles. The lowest BCUT2D eigenvalue weighted by Gasteiger charge is -2.31. The first kappa shape index (κ1) is 23.7. The Hall–Kier alpha value is -2.71. The smallest absolute Gasteiger partial charge is 0.234 e. The van der Waals surface area contributed by atoms with Gasteiger partial charge in [0.2, 0.25) is 5.91 Å². The second-order valence-electron chi connectivity index (χ2n) is 11.1. The lowest BCUT2D eigenvalue weighted by Crippen LogP contribution is -2.42. The zero-order valence-electron chi connectivity index (χ0n) is 22.1. The molecule has 0 radical (unpaired) electrons. The normalized spacial score (nSPS) is 22.0. The number of H-pyrrole nitrogens is 1. The number of piperidine rings is 1. The number of aromatic amines is 1. The number of carbonyl (C=O) groups excluding carboxylic acids is 1. The number of hydrogen-bond donors (Lipinski definition) is 2. The third-order valence-corrected chi connectivity index (χ3v) is 9.99. The summed E-state index contributed by atoms with van der Waals surface area (Å²) in [5, 5.41) is 8.80. The van der Waals surface area contributed by atoms with Crippen LogP contribution in [0.1, 0.15) is 72.6 Å². The van der Waals surface area contributed by atoms with E-state index >= 15 is 0 Å². The van der Waals surface area contributed by atoms with Crippen LogP contribution in [0.5, 0.6) is 0 Å². The fraction of sp³-hybridized carbons (Fsp3) is 0.536. The van der Waals surface area contributed by atoms with Crippen LogP contribution in [-0.2, 0) is 4.79 Å². The predicted octanol–water partition coefficient (Wildman–Crippen LogP) is 5.30. The Morgan fingerprint density at radius 3 is 2.72 bits per heavy atom. The summed E-state index contributed by atoms with van der Waals surface area (Å²) < 4.78 is 1.90. The van der Waals surface area contributed by atoms with Crippen LogP contribution in [0.3, 0.4) is 0 Å². The van der Waals surface area contributed by atoms with Gasteiger partial charge < -0.3 is 10.3 Å². The van der Waals surface area contributed by atoms with Gasteiger partial charge in [-0.3, -0.25) is 9.69 Å². The highest BCUT2D eigenvalue weighted by atomic mass is 32.1. The lowest BCUT2D eigenvalue weighted by atomic mass is 9.88. The highest BCUT2D eigenvalue weighted by Crippen LogP contribution is 2.53. The number of aryl methyl sites for hydroxylation is 2. The quantitative estimate of drug-likeness (QED) is 0.373. The second kappa shape index (κ2) is 8.70. The van der Waals surface area contributed by atoms with Gasteiger partial charge in [0.15, 0.2) is 5.65 Å². The number of carbonyl (C=O) groups is 1. The molecule has 0 spiro atoms. The average Bonchev–Trinajstić information content (AvgIpc) is 3.63. The molecule has 2 aliphatic rings. The van der Waals surface area contributed by atoms with Crippen molar-refractivity contribution in [1.29, 1.82) is 0 Å². The first-order valence-corrected chi connectivity index (χ1v) is 14.1. The topological polar surface area (TPSA) is 78.3 Å². The zero-order chi connectivity index (χ0) is 25.3. The predicted molar refractivity (Wildman–Crippen MR) is 146 cm³/mol. The Kier molecular flexibility index (Phi) is 5.72. The molecule has 3 atom stereocenters. The molecule has 2 unspecified atom stereocenters. The summed E-state index contributed by atoms with van der Waals surface area (Å²) in [6.07, 6.45) is 6.14. The van der Waals surface area contributed by atoms with Gasteiger partial charge in [0, 0.05) is 41.2 Å². The zero-order valence-corrected chi connectivity index (χ0v) is 22.9. The number of likely N-dealkylation sites (N-methyl/N-ethyl adjacent to an activating group) is 1. The Labute approximate surface area is 216 Å². The van der Waals surface area contributed by atoms with E-state index < -0.39 is 0 Å². The molecule has 2 fully saturated rings. The number of nitrogens with one attached hydrogen (secondary N) is 2. The summed E-state index contributed by atoms with van der Waals surface area (Å²) in [5.41, 5.74) is 8.64. The van der Waals surface area contributed by atoms with Crippen LogP contribution in [0, 0.1) is 26.7 Å². The molecule has 4 aromatic rings. The van der Waals surface area contributed by atoms with Gasteiger partial charge in [-0.15, -0.1) is 11.3 Å². The van der Waals surface area contributed by atoms with Crippen molar-refractivity contribution in [2.45, 2.75) is 72.3 Å². The SMILES string of the molecule is CCNC(=O)CN1CC2CC1C[C@H]2c1sc2[nH]c(-c3cn4ncnc4c(C)c3C)c(C(C)C)c2c1C. The molecule has 2 bridgehead atoms. The van der Waals surface area contributed by atoms with E-state index in [4.69, 9.17) is 0 Å². The third-order valence-electron chi connectivity index (χ3n) is 8.65. The summed E-state index contributed by atoms with van der Waals surface area (Å²) in [7, 11) is 0. The van der Waals surface area contributed by atoms with Crippen molar-refractivity contribution in [3.05, 3.63) is 39.7 Å². The third kappa shape index (κ3) is 3.52. The van der Waals surface area contributed by atoms with E-state index in [1.807, 2.05) is 22.8 Å². The molecule has 4 aromatic heterocycles. The Balaban J connectivity index is 1.36. The van der Waals surface area contributed by atoms with Gasteiger partial charge in [0.1, 0.15) is 11.2 Å². The van der Waals surface area contributed by atoms with Gasteiger partial charge in [-0.25, -0.2) is 9.50 Å². The van der Waals surface area contributed by atoms with Crippen molar-refractivity contribution >= 4 is 33.1 Å². The molecule has 0 aromatic carbocycles. The first-order valence-electron chi connectivity index (χ1n) is 13.2. The standard InChI is InChI=1S/C28H36N6OS/c1-7-29-22(35)12-33-10-18-8-19(33)9-20(18)26-17(6)24-23(14(2)3)25(32-28(24)36-26)21-11-34-27(30-13-31-34)16(5)15(21)4/h11,13-14,18-20,32H,7-10,12H2,1-6H3,(H,29,35)/t18?,19?,20-/m1/s1. The van der Waals surface area contributed by atoms with Gasteiger partial charge in [0.05, 0.1) is 12.2 Å². The monoisotopic (exact) mass is 504 g/mol. The van der Waals surface area contributed by atoms with Gasteiger partial charge in [-0.1, -0.05) is 13.8 Å². The second-order valence-corrected chi connectivity index (χ2v) is 12.1. The molecule has 1 amide bonds. The number of fused-ring (bicyclic) bond motifs is 4. The van der Waals surface area contributed by atoms with Crippen LogP contribution in [0.15, 0.2) is 12.5 Å². The summed E-state index contributed by atoms with van der Waals surface area (Å²) in [6, 6.07) is 0.530. The number of likely N-dealkylation sites (tertiary alicyclic amines) is 1. The van der Waals surface area contributed by atoms with Crippen LogP contribution < -0.4 is 5.32 Å². The maximum Gasteiger partial charge on any atom is 0.234 e. The fourth-order valence-corrected chi connectivity index (χ4v) is 8.28. The van der Waals surface area contributed by atoms with Crippen molar-refractivity contribution in [3.8, 4) is 11.3 Å². The number of hydrogen-bond acceptors (Lipinski definition) is 5. The van der Waals surface area contributed by atoms with Gasteiger partial charge >= 0.3 is 0 Å². The van der Waals surface area contributed by atoms with E-state index in [-0.39, 0.29) is 5.91 Å². The average molecular weight is 505 g/mol. The number of rotatable bonds is 6. The summed E-state index contributed by atoms with van der Waals surface area (Å²) in [5.74, 6) is 1.80. The fourth-order valence-electron chi connectivity index (χ4n) is 6.84. The van der Waals surface area contributed by atoms with E-state index in [1.165, 1.54) is 56.6 Å². The van der Waals surface area contributed by atoms with Crippen molar-refractivity contribution in [2.75, 3.05) is 19.6 Å². The van der Waals surface area contributed by atoms with Crippen molar-refractivity contribution in [2.24, 2.45) is 5.92 Å². The summed E-state index contributed by atoms with van der Waals surface area (Å²) in [6.45, 7) is 15.5. The molecular formula is C28H36N6OS. The van der Waals surface area contributed by atoms with Crippen LogP contribution in [0.4, 0.5) is 0 Å². The minimum absolute atomic E-state index is 0.158. The van der Waals surface area contributed by atoms with Crippen LogP contribution in [-0.4, -0.2) is 56.1 Å². The van der Waals surface area contributed by atoms with E-state index in [0.29, 0.717) is 36.9 Å². The van der Waals surface area contributed by atoms with Gasteiger partial charge in [-0.2, -0.15) is 5.10 Å². The number of amides is 1. The molecule has 190 valence electrons. The largest absolute Gasteiger partial charge is 0.355 e. The van der Waals surface area contributed by atoms with Gasteiger partial charge in [0.25, 0.3) is 0 Å². The van der Waals surface area contributed by atoms with E-state index in [2.05, 4.69) is 66.1 Å². The molecule has 8 heteroatoms. The van der Waals surface area contributed by atoms with E-state index in [0.717, 1.165) is 12.2 Å². The highest BCUT2D eigenvalue weighted by molar-refractivity contribution is 7.19. The molecule has 1 saturated carbocycles. The highest BCUT2D eigenvalue weighted by Gasteiger charge is 2.46. The number of pyridine rings is 1. The van der Waals surface area contributed by atoms with Crippen LogP contribution >= 0.6 is 11.3 Å². The molecule has 6 rings (SSSR count). The molecule has 7 nitrogen and oxygen atoms in total. The number of nitrogens with zero attached hydrogens (tertiary/aromatic N) is 4. The Morgan fingerprint density at radius 2 is 2.03 bits per heavy atom. The van der Waals surface area contributed by atoms with Crippen LogP contribution in [0.25, 0.3) is 27.1 Å². The van der Waals surface area contributed by atoms with Crippen molar-refractivity contribution < 1.29 is 4.79 Å². The summed E-state index contributed by atoms with van der Waals surface area (Å²) in [4.78, 5) is 25.7. The first-order chi connectivity index (χ1) is 17.3. The summed E-state index contributed by atoms with van der Waals surface area (Å²) >= 11 is 1.96. The van der Waals surface area contributed by atoms with Gasteiger partial charge in [-0.05, 0) is 80.5 Å². The molecule has 1 aliphatic carbocycles. The number of aromatic nitrogens is 4. The van der Waals surface area contributed by atoms with Crippen molar-refractivity contribution in [1.82, 2.24) is 29.8 Å². The molecule has 36 heavy (non-hydrogen) atoms. The van der Waals surface area contributed by atoms with Crippen LogP contribution in [0.2, 0.25) is 0 Å². The molecular weight excluding hydrogens is 468 g/mol. The van der Waals surface area contributed by atoms with E-state index in [1.54, 1.807) is 11.2 Å². The minimum atomic E-state index is 0.158. The Bertz CT molecular complexity index is 1480. The lowest BCUT2D eigenvalue weighted by molar-refractivity contribution is -0.122. The van der Waals surface area contributed by atoms with E-state index in [9.17, 15) is 4.79 Å². The molecule has 1 saturated heterocycles. The van der Waals surface area contributed by atoms with Crippen molar-refractivity contribution in [3.63, 3.8) is 0 Å².